The molecule has 0 unspecified atom stereocenters. The van der Waals surface area contributed by atoms with Gasteiger partial charge in [0.25, 0.3) is 5.91 Å². The molecular weight excluding hydrogens is 382 g/mol. The van der Waals surface area contributed by atoms with Crippen molar-refractivity contribution in [3.63, 3.8) is 0 Å². The minimum Gasteiger partial charge on any atom is -0.456 e. The van der Waals surface area contributed by atoms with Gasteiger partial charge in [-0.3, -0.25) is 9.78 Å². The summed E-state index contributed by atoms with van der Waals surface area (Å²) in [5.74, 6) is 0.379. The first-order valence-electron chi connectivity index (χ1n) is 9.22. The highest BCUT2D eigenvalue weighted by atomic mass is 32.2. The number of carbonyl (C=O) groups excluding carboxylic acids is 1. The van der Waals surface area contributed by atoms with E-state index in [9.17, 15) is 4.79 Å². The molecule has 4 aromatic rings. The maximum Gasteiger partial charge on any atom is 0.286 e. The summed E-state index contributed by atoms with van der Waals surface area (Å²) >= 11 is 1.37. The van der Waals surface area contributed by atoms with E-state index in [1.54, 1.807) is 12.3 Å². The van der Waals surface area contributed by atoms with Gasteiger partial charge in [0.15, 0.2) is 5.17 Å². The monoisotopic (exact) mass is 399 g/mol. The Bertz CT molecular complexity index is 1290. The summed E-state index contributed by atoms with van der Waals surface area (Å²) in [4.78, 5) is 23.6. The van der Waals surface area contributed by atoms with Gasteiger partial charge in [0.2, 0.25) is 0 Å². The second kappa shape index (κ2) is 7.22. The lowest BCUT2D eigenvalue weighted by molar-refractivity contribution is -0.113. The number of nitrogens with zero attached hydrogens (tertiary/aromatic N) is 3. The van der Waals surface area contributed by atoms with Gasteiger partial charge < -0.3 is 9.32 Å². The SMILES string of the molecule is CN(Cc1ccccc1)C1=NC(=O)/C(=C/c2cc3cnc4ccccc4c3o2)S1. The van der Waals surface area contributed by atoms with Gasteiger partial charge in [-0.25, -0.2) is 0 Å². The molecule has 6 heteroatoms. The lowest BCUT2D eigenvalue weighted by Gasteiger charge is -2.17. The molecule has 5 rings (SSSR count). The average molecular weight is 399 g/mol. The second-order valence-corrected chi connectivity index (χ2v) is 7.87. The largest absolute Gasteiger partial charge is 0.456 e. The van der Waals surface area contributed by atoms with E-state index >= 15 is 0 Å². The third kappa shape index (κ3) is 3.43. The number of aliphatic imine (C=N–C) groups is 1. The normalized spacial score (nSPS) is 15.4. The number of thioether (sulfide) groups is 1. The highest BCUT2D eigenvalue weighted by molar-refractivity contribution is 8.18. The molecule has 0 saturated heterocycles. The molecule has 0 spiro atoms. The minimum atomic E-state index is -0.242. The number of aromatic nitrogens is 1. The molecule has 2 aromatic heterocycles. The smallest absolute Gasteiger partial charge is 0.286 e. The van der Waals surface area contributed by atoms with Gasteiger partial charge in [0.1, 0.15) is 11.3 Å². The molecule has 1 aliphatic rings. The number of fused-ring (bicyclic) bond motifs is 3. The van der Waals surface area contributed by atoms with Crippen LogP contribution in [0.2, 0.25) is 0 Å². The van der Waals surface area contributed by atoms with Crippen molar-refractivity contribution in [3.8, 4) is 0 Å². The predicted octanol–water partition coefficient (Wildman–Crippen LogP) is 5.08. The average Bonchev–Trinajstić information content (AvgIpc) is 3.32. The summed E-state index contributed by atoms with van der Waals surface area (Å²) in [6, 6.07) is 19.9. The van der Waals surface area contributed by atoms with Crippen LogP contribution in [0.25, 0.3) is 27.9 Å². The molecule has 29 heavy (non-hydrogen) atoms. The van der Waals surface area contributed by atoms with Crippen molar-refractivity contribution in [3.05, 3.63) is 83.1 Å². The molecule has 1 aliphatic heterocycles. The van der Waals surface area contributed by atoms with Crippen LogP contribution in [0.5, 0.6) is 0 Å². The van der Waals surface area contributed by atoms with Crippen LogP contribution in [0.4, 0.5) is 0 Å². The van der Waals surface area contributed by atoms with Crippen LogP contribution < -0.4 is 0 Å². The van der Waals surface area contributed by atoms with Gasteiger partial charge in [0, 0.05) is 36.6 Å². The van der Waals surface area contributed by atoms with Gasteiger partial charge in [-0.15, -0.1) is 0 Å². The van der Waals surface area contributed by atoms with Gasteiger partial charge in [-0.2, -0.15) is 4.99 Å². The Kier molecular flexibility index (Phi) is 4.41. The molecule has 0 bridgehead atoms. The van der Waals surface area contributed by atoms with Gasteiger partial charge in [-0.1, -0.05) is 42.5 Å². The molecule has 0 fully saturated rings. The van der Waals surface area contributed by atoms with E-state index in [1.165, 1.54) is 17.3 Å². The lowest BCUT2D eigenvalue weighted by Crippen LogP contribution is -2.22. The van der Waals surface area contributed by atoms with E-state index in [2.05, 4.69) is 22.1 Å². The quantitative estimate of drug-likeness (QED) is 0.450. The van der Waals surface area contributed by atoms with Crippen LogP contribution >= 0.6 is 11.8 Å². The van der Waals surface area contributed by atoms with Crippen molar-refractivity contribution in [1.82, 2.24) is 9.88 Å². The molecule has 3 heterocycles. The number of benzene rings is 2. The Labute approximate surface area is 171 Å². The fourth-order valence-corrected chi connectivity index (χ4v) is 4.19. The fourth-order valence-electron chi connectivity index (χ4n) is 3.34. The summed E-state index contributed by atoms with van der Waals surface area (Å²) in [5.41, 5.74) is 2.83. The van der Waals surface area contributed by atoms with Crippen molar-refractivity contribution in [2.75, 3.05) is 7.05 Å². The topological polar surface area (TPSA) is 58.7 Å². The maximum atomic E-state index is 12.4. The number of hydrogen-bond donors (Lipinski definition) is 0. The molecular formula is C23H17N3O2S. The Morgan fingerprint density at radius 3 is 2.76 bits per heavy atom. The maximum absolute atomic E-state index is 12.4. The van der Waals surface area contributed by atoms with E-state index in [1.807, 2.05) is 60.5 Å². The van der Waals surface area contributed by atoms with Crippen LogP contribution in [0.15, 0.2) is 81.2 Å². The highest BCUT2D eigenvalue weighted by Gasteiger charge is 2.25. The Morgan fingerprint density at radius 1 is 1.10 bits per heavy atom. The first-order valence-corrected chi connectivity index (χ1v) is 10.0. The van der Waals surface area contributed by atoms with Crippen LogP contribution in [-0.4, -0.2) is 28.0 Å². The minimum absolute atomic E-state index is 0.242. The molecule has 1 amide bonds. The van der Waals surface area contributed by atoms with Crippen LogP contribution in [0.1, 0.15) is 11.3 Å². The van der Waals surface area contributed by atoms with Crippen LogP contribution in [0.3, 0.4) is 0 Å². The van der Waals surface area contributed by atoms with E-state index in [4.69, 9.17) is 4.42 Å². The molecule has 2 aromatic carbocycles. The van der Waals surface area contributed by atoms with Gasteiger partial charge in [0.05, 0.1) is 10.4 Å². The third-order valence-corrected chi connectivity index (χ3v) is 5.84. The van der Waals surface area contributed by atoms with Crippen molar-refractivity contribution >= 4 is 50.8 Å². The summed E-state index contributed by atoms with van der Waals surface area (Å²) in [7, 11) is 1.94. The van der Waals surface area contributed by atoms with Gasteiger partial charge >= 0.3 is 0 Å². The fraction of sp³-hybridized carbons (Fsp3) is 0.0870. The van der Waals surface area contributed by atoms with E-state index in [-0.39, 0.29) is 5.91 Å². The highest BCUT2D eigenvalue weighted by Crippen LogP contribution is 2.33. The van der Waals surface area contributed by atoms with Crippen molar-refractivity contribution in [1.29, 1.82) is 0 Å². The lowest BCUT2D eigenvalue weighted by atomic mass is 10.2. The number of amidine groups is 1. The van der Waals surface area contributed by atoms with Crippen LogP contribution in [0, 0.1) is 0 Å². The zero-order chi connectivity index (χ0) is 19.8. The second-order valence-electron chi connectivity index (χ2n) is 6.86. The molecule has 142 valence electrons. The molecule has 0 radical (unpaired) electrons. The number of rotatable bonds is 3. The molecule has 0 N–H and O–H groups in total. The zero-order valence-corrected chi connectivity index (χ0v) is 16.5. The number of para-hydroxylation sites is 1. The first-order chi connectivity index (χ1) is 14.2. The van der Waals surface area contributed by atoms with E-state index in [0.717, 1.165) is 21.9 Å². The summed E-state index contributed by atoms with van der Waals surface area (Å²) in [6.45, 7) is 0.690. The molecule has 5 nitrogen and oxygen atoms in total. The van der Waals surface area contributed by atoms with Crippen molar-refractivity contribution < 1.29 is 9.21 Å². The number of furan rings is 1. The number of carbonyl (C=O) groups is 1. The summed E-state index contributed by atoms with van der Waals surface area (Å²) in [6.07, 6.45) is 3.55. The first kappa shape index (κ1) is 17.7. The Hall–Kier alpha value is -3.38. The molecule has 0 aliphatic carbocycles. The van der Waals surface area contributed by atoms with E-state index in [0.29, 0.717) is 22.4 Å². The molecule has 0 atom stereocenters. The van der Waals surface area contributed by atoms with Crippen molar-refractivity contribution in [2.45, 2.75) is 6.54 Å². The van der Waals surface area contributed by atoms with Crippen molar-refractivity contribution in [2.24, 2.45) is 4.99 Å². The van der Waals surface area contributed by atoms with E-state index < -0.39 is 0 Å². The standard InChI is InChI=1S/C23H17N3O2S/c1-26(14-15-7-3-2-4-8-15)23-25-22(27)20(29-23)12-17-11-16-13-24-19-10-6-5-9-18(19)21(16)28-17/h2-13H,14H2,1H3/b20-12-. The predicted molar refractivity (Wildman–Crippen MR) is 117 cm³/mol. The Balaban J connectivity index is 1.40. The number of pyridine rings is 1. The number of amides is 1. The van der Waals surface area contributed by atoms with Gasteiger partial charge in [-0.05, 0) is 35.5 Å². The number of hydrogen-bond acceptors (Lipinski definition) is 5. The zero-order valence-electron chi connectivity index (χ0n) is 15.7. The third-order valence-electron chi connectivity index (χ3n) is 4.74. The summed E-state index contributed by atoms with van der Waals surface area (Å²) in [5, 5.41) is 2.56. The van der Waals surface area contributed by atoms with Crippen LogP contribution in [-0.2, 0) is 11.3 Å². The summed E-state index contributed by atoms with van der Waals surface area (Å²) < 4.78 is 6.04. The molecule has 0 saturated carbocycles. The Morgan fingerprint density at radius 2 is 1.90 bits per heavy atom.